The molecular formula is C20H18N2O2. The average Bonchev–Trinajstić information content (AvgIpc) is 2.60. The van der Waals surface area contributed by atoms with E-state index in [0.29, 0.717) is 5.56 Å². The number of Topliss-reactive ketones (excluding diaryl/α,β-unsaturated/α-hetero) is 1. The summed E-state index contributed by atoms with van der Waals surface area (Å²) in [5, 5.41) is 8.12. The van der Waals surface area contributed by atoms with Crippen molar-refractivity contribution in [2.45, 2.75) is 6.92 Å². The molecule has 0 atom stereocenters. The second-order valence-electron chi connectivity index (χ2n) is 5.60. The third kappa shape index (κ3) is 3.79. The third-order valence-electron chi connectivity index (χ3n) is 3.76. The molecule has 0 aromatic heterocycles. The number of hydrogen-bond donors (Lipinski definition) is 2. The molecule has 4 heteroatoms. The Hall–Kier alpha value is -3.14. The molecule has 1 amide bonds. The summed E-state index contributed by atoms with van der Waals surface area (Å²) in [6.45, 7) is 1.65. The molecule has 0 aliphatic carbocycles. The number of nitrogens with one attached hydrogen (secondary N) is 2. The highest BCUT2D eigenvalue weighted by atomic mass is 16.2. The summed E-state index contributed by atoms with van der Waals surface area (Å²) < 4.78 is 0. The minimum absolute atomic E-state index is 0.000680. The zero-order valence-electron chi connectivity index (χ0n) is 13.4. The molecular weight excluding hydrogens is 300 g/mol. The van der Waals surface area contributed by atoms with Crippen LogP contribution >= 0.6 is 0 Å². The van der Waals surface area contributed by atoms with Crippen molar-refractivity contribution < 1.29 is 9.59 Å². The predicted molar refractivity (Wildman–Crippen MR) is 97.5 cm³/mol. The highest BCUT2D eigenvalue weighted by Crippen LogP contribution is 2.18. The molecule has 0 saturated carbocycles. The van der Waals surface area contributed by atoms with E-state index in [1.54, 1.807) is 18.2 Å². The van der Waals surface area contributed by atoms with Gasteiger partial charge in [-0.25, -0.2) is 0 Å². The molecule has 3 aromatic carbocycles. The van der Waals surface area contributed by atoms with Crippen LogP contribution < -0.4 is 10.6 Å². The molecule has 3 aromatic rings. The fraction of sp³-hybridized carbons (Fsp3) is 0.100. The van der Waals surface area contributed by atoms with Gasteiger partial charge in [0.1, 0.15) is 0 Å². The van der Waals surface area contributed by atoms with Gasteiger partial charge in [-0.2, -0.15) is 0 Å². The zero-order chi connectivity index (χ0) is 16.9. The van der Waals surface area contributed by atoms with Crippen LogP contribution in [0.4, 0.5) is 11.4 Å². The van der Waals surface area contributed by atoms with E-state index in [9.17, 15) is 9.59 Å². The molecule has 4 nitrogen and oxygen atoms in total. The first kappa shape index (κ1) is 15.7. The van der Waals surface area contributed by atoms with Crippen LogP contribution in [0.15, 0.2) is 66.7 Å². The Morgan fingerprint density at radius 1 is 0.833 bits per heavy atom. The smallest absolute Gasteiger partial charge is 0.243 e. The van der Waals surface area contributed by atoms with Gasteiger partial charge in [0.25, 0.3) is 0 Å². The minimum atomic E-state index is -0.140. The highest BCUT2D eigenvalue weighted by Gasteiger charge is 2.05. The Morgan fingerprint density at radius 3 is 2.42 bits per heavy atom. The Balaban J connectivity index is 1.62. The van der Waals surface area contributed by atoms with Crippen LogP contribution in [0.3, 0.4) is 0 Å². The van der Waals surface area contributed by atoms with E-state index in [-0.39, 0.29) is 18.2 Å². The summed E-state index contributed by atoms with van der Waals surface area (Å²) >= 11 is 0. The van der Waals surface area contributed by atoms with Crippen molar-refractivity contribution in [1.29, 1.82) is 0 Å². The highest BCUT2D eigenvalue weighted by molar-refractivity contribution is 5.97. The lowest BCUT2D eigenvalue weighted by Crippen LogP contribution is -2.21. The molecule has 0 unspecified atom stereocenters. The van der Waals surface area contributed by atoms with Crippen LogP contribution in [0.2, 0.25) is 0 Å². The van der Waals surface area contributed by atoms with Gasteiger partial charge in [-0.05, 0) is 42.0 Å². The Kier molecular flexibility index (Phi) is 4.57. The van der Waals surface area contributed by atoms with Gasteiger partial charge in [-0.15, -0.1) is 0 Å². The normalized spacial score (nSPS) is 10.4. The number of carbonyl (C=O) groups excluding carboxylic acids is 2. The number of anilines is 2. The molecule has 0 heterocycles. The first-order valence-corrected chi connectivity index (χ1v) is 7.75. The van der Waals surface area contributed by atoms with Gasteiger partial charge in [0.2, 0.25) is 5.91 Å². The molecule has 120 valence electrons. The Morgan fingerprint density at radius 2 is 1.62 bits per heavy atom. The lowest BCUT2D eigenvalue weighted by Gasteiger charge is -2.09. The first-order valence-electron chi connectivity index (χ1n) is 7.75. The van der Waals surface area contributed by atoms with E-state index in [2.05, 4.69) is 10.6 Å². The van der Waals surface area contributed by atoms with E-state index in [1.807, 2.05) is 48.5 Å². The molecule has 0 saturated heterocycles. The molecule has 2 N–H and O–H groups in total. The maximum Gasteiger partial charge on any atom is 0.243 e. The zero-order valence-corrected chi connectivity index (χ0v) is 13.4. The number of rotatable bonds is 5. The van der Waals surface area contributed by atoms with Crippen LogP contribution in [-0.2, 0) is 4.79 Å². The number of benzene rings is 3. The summed E-state index contributed by atoms with van der Waals surface area (Å²) in [4.78, 5) is 23.5. The fourth-order valence-corrected chi connectivity index (χ4v) is 2.50. The van der Waals surface area contributed by atoms with Crippen molar-refractivity contribution in [1.82, 2.24) is 0 Å². The van der Waals surface area contributed by atoms with E-state index < -0.39 is 0 Å². The van der Waals surface area contributed by atoms with Crippen LogP contribution in [0.5, 0.6) is 0 Å². The van der Waals surface area contributed by atoms with E-state index in [1.165, 1.54) is 6.92 Å². The lowest BCUT2D eigenvalue weighted by atomic mass is 10.1. The molecule has 3 rings (SSSR count). The quantitative estimate of drug-likeness (QED) is 0.697. The number of fused-ring (bicyclic) bond motifs is 1. The third-order valence-corrected chi connectivity index (χ3v) is 3.76. The van der Waals surface area contributed by atoms with E-state index >= 15 is 0 Å². The summed E-state index contributed by atoms with van der Waals surface area (Å²) in [7, 11) is 0. The molecule has 0 aliphatic rings. The number of hydrogen-bond acceptors (Lipinski definition) is 3. The van der Waals surface area contributed by atoms with Crippen molar-refractivity contribution in [3.8, 4) is 0 Å². The van der Waals surface area contributed by atoms with Gasteiger partial charge < -0.3 is 10.6 Å². The minimum Gasteiger partial charge on any atom is -0.376 e. The molecule has 0 spiro atoms. The summed E-state index contributed by atoms with van der Waals surface area (Å²) in [5.74, 6) is -0.141. The van der Waals surface area contributed by atoms with Crippen LogP contribution in [0.1, 0.15) is 17.3 Å². The van der Waals surface area contributed by atoms with Crippen molar-refractivity contribution >= 4 is 33.8 Å². The molecule has 0 bridgehead atoms. The van der Waals surface area contributed by atoms with Gasteiger partial charge >= 0.3 is 0 Å². The molecule has 0 radical (unpaired) electrons. The summed E-state index contributed by atoms with van der Waals surface area (Å²) in [6, 6.07) is 20.9. The second-order valence-corrected chi connectivity index (χ2v) is 5.60. The van der Waals surface area contributed by atoms with E-state index in [0.717, 1.165) is 22.1 Å². The Bertz CT molecular complexity index is 903. The predicted octanol–water partition coefficient (Wildman–Crippen LogP) is 4.09. The van der Waals surface area contributed by atoms with Gasteiger partial charge in [-0.1, -0.05) is 42.5 Å². The maximum atomic E-state index is 12.1. The number of ketones is 1. The molecule has 0 aliphatic heterocycles. The van der Waals surface area contributed by atoms with Gasteiger partial charge in [0.15, 0.2) is 5.78 Å². The topological polar surface area (TPSA) is 58.2 Å². The SMILES string of the molecule is CC(=O)c1cccc(NCC(=O)Nc2ccc3ccccc3c2)c1. The fourth-order valence-electron chi connectivity index (χ4n) is 2.50. The Labute approximate surface area is 140 Å². The van der Waals surface area contributed by atoms with Crippen molar-refractivity contribution in [2.75, 3.05) is 17.2 Å². The largest absolute Gasteiger partial charge is 0.376 e. The first-order chi connectivity index (χ1) is 11.6. The van der Waals surface area contributed by atoms with Gasteiger partial charge in [0.05, 0.1) is 6.54 Å². The molecule has 24 heavy (non-hydrogen) atoms. The van der Waals surface area contributed by atoms with Crippen molar-refractivity contribution in [3.05, 3.63) is 72.3 Å². The lowest BCUT2D eigenvalue weighted by molar-refractivity contribution is -0.114. The van der Waals surface area contributed by atoms with Crippen LogP contribution in [0.25, 0.3) is 10.8 Å². The van der Waals surface area contributed by atoms with E-state index in [4.69, 9.17) is 0 Å². The monoisotopic (exact) mass is 318 g/mol. The van der Waals surface area contributed by atoms with Crippen LogP contribution in [-0.4, -0.2) is 18.2 Å². The van der Waals surface area contributed by atoms with Gasteiger partial charge in [0, 0.05) is 16.9 Å². The summed E-state index contributed by atoms with van der Waals surface area (Å²) in [5.41, 5.74) is 2.13. The molecule has 0 fully saturated rings. The standard InChI is InChI=1S/C20H18N2O2/c1-14(23)16-7-4-8-18(11-16)21-13-20(24)22-19-10-9-15-5-2-3-6-17(15)12-19/h2-12,21H,13H2,1H3,(H,22,24). The number of carbonyl (C=O) groups is 2. The van der Waals surface area contributed by atoms with Crippen LogP contribution in [0, 0.1) is 0 Å². The summed E-state index contributed by atoms with van der Waals surface area (Å²) in [6.07, 6.45) is 0. The van der Waals surface area contributed by atoms with Crippen molar-refractivity contribution in [2.24, 2.45) is 0 Å². The maximum absolute atomic E-state index is 12.1. The number of amides is 1. The second kappa shape index (κ2) is 6.96. The average molecular weight is 318 g/mol. The van der Waals surface area contributed by atoms with Gasteiger partial charge in [-0.3, -0.25) is 9.59 Å². The van der Waals surface area contributed by atoms with Crippen molar-refractivity contribution in [3.63, 3.8) is 0 Å².